The van der Waals surface area contributed by atoms with Crippen LogP contribution in [0.25, 0.3) is 0 Å². The van der Waals surface area contributed by atoms with Crippen LogP contribution >= 0.6 is 0 Å². The molecule has 0 spiro atoms. The van der Waals surface area contributed by atoms with E-state index in [9.17, 15) is 22.0 Å². The molecule has 9 heteroatoms. The van der Waals surface area contributed by atoms with Crippen molar-refractivity contribution in [3.05, 3.63) is 29.1 Å². The van der Waals surface area contributed by atoms with Crippen molar-refractivity contribution in [3.8, 4) is 5.75 Å². The van der Waals surface area contributed by atoms with Crippen LogP contribution in [0.5, 0.6) is 5.75 Å². The van der Waals surface area contributed by atoms with Crippen molar-refractivity contribution in [2.75, 3.05) is 19.8 Å². The van der Waals surface area contributed by atoms with Gasteiger partial charge in [-0.05, 0) is 63.5 Å². The number of halogens is 5. The molecule has 1 aromatic carbocycles. The highest BCUT2D eigenvalue weighted by Crippen LogP contribution is 2.42. The summed E-state index contributed by atoms with van der Waals surface area (Å²) in [6, 6.07) is 2.67. The van der Waals surface area contributed by atoms with Crippen LogP contribution in [-0.4, -0.2) is 44.2 Å². The fourth-order valence-corrected chi connectivity index (χ4v) is 4.70. The SMILES string of the molecule is CCCCOC1CCC(OC(F)(F)C2CCC(c3ccc(OCC)c(F)c3C(F)F)CO2)CC1. The monoisotopic (exact) mass is 494 g/mol. The zero-order valence-corrected chi connectivity index (χ0v) is 19.8. The van der Waals surface area contributed by atoms with E-state index in [2.05, 4.69) is 6.92 Å². The molecule has 194 valence electrons. The van der Waals surface area contributed by atoms with Gasteiger partial charge in [0.15, 0.2) is 11.6 Å². The minimum Gasteiger partial charge on any atom is -0.491 e. The van der Waals surface area contributed by atoms with Crippen molar-refractivity contribution in [1.29, 1.82) is 0 Å². The largest absolute Gasteiger partial charge is 0.491 e. The molecule has 0 aromatic heterocycles. The van der Waals surface area contributed by atoms with E-state index >= 15 is 0 Å². The number of ether oxygens (including phenoxy) is 4. The predicted molar refractivity (Wildman–Crippen MR) is 117 cm³/mol. The third-order valence-electron chi connectivity index (χ3n) is 6.58. The summed E-state index contributed by atoms with van der Waals surface area (Å²) in [4.78, 5) is 0. The summed E-state index contributed by atoms with van der Waals surface area (Å²) in [5.74, 6) is -1.97. The Morgan fingerprint density at radius 3 is 2.32 bits per heavy atom. The lowest BCUT2D eigenvalue weighted by Crippen LogP contribution is -2.45. The van der Waals surface area contributed by atoms with E-state index in [0.29, 0.717) is 32.3 Å². The molecule has 2 aliphatic rings. The first-order valence-electron chi connectivity index (χ1n) is 12.3. The van der Waals surface area contributed by atoms with Gasteiger partial charge >= 0.3 is 6.11 Å². The number of rotatable bonds is 11. The van der Waals surface area contributed by atoms with Crippen molar-refractivity contribution in [2.45, 2.75) is 102 Å². The van der Waals surface area contributed by atoms with Crippen molar-refractivity contribution < 1.29 is 40.9 Å². The maximum Gasteiger partial charge on any atom is 0.382 e. The van der Waals surface area contributed by atoms with Crippen LogP contribution in [0.1, 0.15) is 88.7 Å². The van der Waals surface area contributed by atoms with Crippen LogP contribution in [0.2, 0.25) is 0 Å². The van der Waals surface area contributed by atoms with Gasteiger partial charge in [0.25, 0.3) is 6.43 Å². The third kappa shape index (κ3) is 6.82. The van der Waals surface area contributed by atoms with Gasteiger partial charge in [0.1, 0.15) is 6.10 Å². The molecule has 1 aliphatic carbocycles. The molecule has 1 saturated heterocycles. The lowest BCUT2D eigenvalue weighted by molar-refractivity contribution is -0.325. The van der Waals surface area contributed by atoms with E-state index in [0.717, 1.165) is 12.8 Å². The van der Waals surface area contributed by atoms with Gasteiger partial charge in [-0.1, -0.05) is 19.4 Å². The molecule has 1 heterocycles. The van der Waals surface area contributed by atoms with E-state index < -0.39 is 42.0 Å². The van der Waals surface area contributed by atoms with Crippen LogP contribution in [0.4, 0.5) is 22.0 Å². The fourth-order valence-electron chi connectivity index (χ4n) is 4.70. The van der Waals surface area contributed by atoms with Gasteiger partial charge in [-0.2, -0.15) is 8.78 Å². The second-order valence-corrected chi connectivity index (χ2v) is 9.01. The van der Waals surface area contributed by atoms with Crippen molar-refractivity contribution >= 4 is 0 Å². The van der Waals surface area contributed by atoms with Gasteiger partial charge in [-0.3, -0.25) is 0 Å². The van der Waals surface area contributed by atoms with Gasteiger partial charge in [-0.25, -0.2) is 13.2 Å². The molecule has 1 saturated carbocycles. The molecule has 0 bridgehead atoms. The summed E-state index contributed by atoms with van der Waals surface area (Å²) in [6.45, 7) is 4.32. The Balaban J connectivity index is 1.55. The van der Waals surface area contributed by atoms with E-state index in [1.54, 1.807) is 6.92 Å². The number of benzene rings is 1. The number of hydrogen-bond donors (Lipinski definition) is 0. The average Bonchev–Trinajstić information content (AvgIpc) is 2.81. The van der Waals surface area contributed by atoms with E-state index in [1.807, 2.05) is 0 Å². The minimum atomic E-state index is -3.48. The molecule has 1 aliphatic heterocycles. The van der Waals surface area contributed by atoms with E-state index in [4.69, 9.17) is 18.9 Å². The standard InChI is InChI=1S/C25H35F5O4/c1-3-5-14-32-17-7-9-18(10-8-17)34-25(29,30)21-13-6-16(15-33-21)19-11-12-20(31-4-2)23(26)22(19)24(27)28/h11-12,16-18,21,24H,3-10,13-15H2,1-2H3. The highest BCUT2D eigenvalue weighted by atomic mass is 19.3. The van der Waals surface area contributed by atoms with Crippen LogP contribution < -0.4 is 4.74 Å². The highest BCUT2D eigenvalue weighted by Gasteiger charge is 2.46. The second kappa shape index (κ2) is 12.5. The second-order valence-electron chi connectivity index (χ2n) is 9.01. The van der Waals surface area contributed by atoms with E-state index in [1.165, 1.54) is 12.1 Å². The Kier molecular flexibility index (Phi) is 9.97. The molecule has 34 heavy (non-hydrogen) atoms. The van der Waals surface area contributed by atoms with E-state index in [-0.39, 0.29) is 43.5 Å². The molecule has 0 N–H and O–H groups in total. The molecule has 3 rings (SSSR count). The quantitative estimate of drug-likeness (QED) is 0.242. The summed E-state index contributed by atoms with van der Waals surface area (Å²) in [7, 11) is 0. The number of unbranched alkanes of at least 4 members (excludes halogenated alkanes) is 1. The zero-order valence-electron chi connectivity index (χ0n) is 19.8. The first kappa shape index (κ1) is 27.1. The topological polar surface area (TPSA) is 36.9 Å². The maximum atomic E-state index is 14.8. The Hall–Kier alpha value is -1.45. The summed E-state index contributed by atoms with van der Waals surface area (Å²) >= 11 is 0. The van der Waals surface area contributed by atoms with Crippen LogP contribution in [-0.2, 0) is 14.2 Å². The maximum absolute atomic E-state index is 14.8. The molecular weight excluding hydrogens is 459 g/mol. The zero-order chi connectivity index (χ0) is 24.7. The van der Waals surface area contributed by atoms with Gasteiger partial charge in [-0.15, -0.1) is 0 Å². The lowest BCUT2D eigenvalue weighted by Gasteiger charge is -2.37. The summed E-state index contributed by atoms with van der Waals surface area (Å²) in [6.07, 6.45) is -4.05. The molecule has 4 nitrogen and oxygen atoms in total. The fraction of sp³-hybridized carbons (Fsp3) is 0.760. The van der Waals surface area contributed by atoms with Gasteiger partial charge < -0.3 is 18.9 Å². The first-order chi connectivity index (χ1) is 16.3. The Morgan fingerprint density at radius 2 is 1.74 bits per heavy atom. The molecule has 0 amide bonds. The van der Waals surface area contributed by atoms with Gasteiger partial charge in [0.2, 0.25) is 0 Å². The molecule has 2 atom stereocenters. The smallest absolute Gasteiger partial charge is 0.382 e. The first-order valence-corrected chi connectivity index (χ1v) is 12.3. The minimum absolute atomic E-state index is 0.0695. The Bertz CT molecular complexity index is 760. The van der Waals surface area contributed by atoms with Crippen molar-refractivity contribution in [1.82, 2.24) is 0 Å². The lowest BCUT2D eigenvalue weighted by atomic mass is 9.87. The van der Waals surface area contributed by atoms with Crippen LogP contribution in [0.3, 0.4) is 0 Å². The molecule has 2 unspecified atom stereocenters. The number of hydrogen-bond acceptors (Lipinski definition) is 4. The molecule has 0 radical (unpaired) electrons. The highest BCUT2D eigenvalue weighted by molar-refractivity contribution is 5.40. The summed E-state index contributed by atoms with van der Waals surface area (Å²) < 4.78 is 92.8. The van der Waals surface area contributed by atoms with Crippen LogP contribution in [0, 0.1) is 5.82 Å². The van der Waals surface area contributed by atoms with Gasteiger partial charge in [0, 0.05) is 12.5 Å². The molecule has 1 aromatic rings. The third-order valence-corrected chi connectivity index (χ3v) is 6.58. The number of alkyl halides is 4. The van der Waals surface area contributed by atoms with Crippen LogP contribution in [0.15, 0.2) is 12.1 Å². The van der Waals surface area contributed by atoms with Crippen molar-refractivity contribution in [2.24, 2.45) is 0 Å². The molecule has 2 fully saturated rings. The van der Waals surface area contributed by atoms with Crippen molar-refractivity contribution in [3.63, 3.8) is 0 Å². The normalized spacial score (nSPS) is 26.1. The Labute approximate surface area is 198 Å². The summed E-state index contributed by atoms with van der Waals surface area (Å²) in [5, 5.41) is 0. The predicted octanol–water partition coefficient (Wildman–Crippen LogP) is 7.16. The van der Waals surface area contributed by atoms with Gasteiger partial charge in [0.05, 0.1) is 31.0 Å². The Morgan fingerprint density at radius 1 is 1.03 bits per heavy atom. The molecular formula is C25H35F5O4. The summed E-state index contributed by atoms with van der Waals surface area (Å²) in [5.41, 5.74) is -0.682. The average molecular weight is 495 g/mol.